The molecule has 4 N–H and O–H groups in total. The molecule has 0 aliphatic carbocycles. The minimum Gasteiger partial charge on any atom is -0.481 e. The average Bonchev–Trinajstić information content (AvgIpc) is 3.58. The molecule has 2 aromatic rings. The number of aliphatic hydroxyl groups is 1. The number of rotatable bonds is 16. The number of carbonyl (C=O) groups excluding carboxylic acids is 3. The highest BCUT2D eigenvalue weighted by molar-refractivity contribution is 7.13. The number of carboxylic acids is 1. The number of carboxylic acid groups (broad SMARTS) is 1. The van der Waals surface area contributed by atoms with Crippen LogP contribution in [0.4, 0.5) is 0 Å². The van der Waals surface area contributed by atoms with Gasteiger partial charge in [0.2, 0.25) is 17.7 Å². The van der Waals surface area contributed by atoms with Crippen LogP contribution in [0.3, 0.4) is 0 Å². The highest BCUT2D eigenvalue weighted by Crippen LogP contribution is 2.28. The van der Waals surface area contributed by atoms with Gasteiger partial charge in [0.25, 0.3) is 0 Å². The molecule has 44 heavy (non-hydrogen) atoms. The number of unbranched alkanes of at least 4 members (excludes halogenated alkanes) is 6. The van der Waals surface area contributed by atoms with Gasteiger partial charge in [-0.2, -0.15) is 0 Å². The molecule has 11 heteroatoms. The van der Waals surface area contributed by atoms with E-state index in [0.717, 1.165) is 53.8 Å². The van der Waals surface area contributed by atoms with E-state index in [9.17, 15) is 24.3 Å². The number of likely N-dealkylation sites (tertiary alicyclic amines) is 1. The Labute approximate surface area is 264 Å². The lowest BCUT2D eigenvalue weighted by Crippen LogP contribution is -2.57. The lowest BCUT2D eigenvalue weighted by molar-refractivity contribution is -0.144. The molecule has 0 unspecified atom stereocenters. The third-order valence-electron chi connectivity index (χ3n) is 8.01. The molecular formula is C33H48N4O6S. The summed E-state index contributed by atoms with van der Waals surface area (Å²) in [7, 11) is 0. The minimum absolute atomic E-state index is 0.0364. The highest BCUT2D eigenvalue weighted by atomic mass is 32.1. The topological polar surface area (TPSA) is 149 Å². The predicted molar refractivity (Wildman–Crippen MR) is 171 cm³/mol. The first-order valence-corrected chi connectivity index (χ1v) is 16.5. The van der Waals surface area contributed by atoms with Crippen LogP contribution in [-0.2, 0) is 25.7 Å². The van der Waals surface area contributed by atoms with Crippen LogP contribution < -0.4 is 10.6 Å². The molecule has 1 fully saturated rings. The molecule has 0 radical (unpaired) electrons. The predicted octanol–water partition coefficient (Wildman–Crippen LogP) is 4.82. The van der Waals surface area contributed by atoms with Gasteiger partial charge in [-0.3, -0.25) is 19.2 Å². The smallest absolute Gasteiger partial charge is 0.303 e. The third kappa shape index (κ3) is 10.7. The summed E-state index contributed by atoms with van der Waals surface area (Å²) >= 11 is 1.58. The number of nitrogens with zero attached hydrogens (tertiary/aromatic N) is 2. The third-order valence-corrected chi connectivity index (χ3v) is 8.98. The van der Waals surface area contributed by atoms with Crippen molar-refractivity contribution in [3.8, 4) is 10.4 Å². The van der Waals surface area contributed by atoms with Crippen molar-refractivity contribution < 1.29 is 29.4 Å². The van der Waals surface area contributed by atoms with Gasteiger partial charge < -0.3 is 25.7 Å². The van der Waals surface area contributed by atoms with Gasteiger partial charge in [0.05, 0.1) is 22.2 Å². The Morgan fingerprint density at radius 1 is 1.00 bits per heavy atom. The zero-order valence-electron chi connectivity index (χ0n) is 26.4. The van der Waals surface area contributed by atoms with Crippen LogP contribution in [-0.4, -0.2) is 68.5 Å². The molecule has 1 aromatic heterocycles. The summed E-state index contributed by atoms with van der Waals surface area (Å²) in [6.45, 7) is 7.92. The summed E-state index contributed by atoms with van der Waals surface area (Å²) in [6.07, 6.45) is 5.95. The second-order valence-electron chi connectivity index (χ2n) is 12.8. The zero-order valence-corrected chi connectivity index (χ0v) is 27.3. The molecule has 3 rings (SSSR count). The van der Waals surface area contributed by atoms with Crippen molar-refractivity contribution in [2.24, 2.45) is 5.41 Å². The Kier molecular flexibility index (Phi) is 13.3. The Morgan fingerprint density at radius 2 is 1.61 bits per heavy atom. The molecule has 2 heterocycles. The number of benzene rings is 1. The molecule has 1 aliphatic rings. The fourth-order valence-corrected chi connectivity index (χ4v) is 6.27. The number of hydrogen-bond donors (Lipinski definition) is 4. The van der Waals surface area contributed by atoms with Crippen LogP contribution in [0.15, 0.2) is 29.8 Å². The van der Waals surface area contributed by atoms with Crippen molar-refractivity contribution in [2.75, 3.05) is 6.54 Å². The fraction of sp³-hybridized carbons (Fsp3) is 0.606. The van der Waals surface area contributed by atoms with Gasteiger partial charge in [0.15, 0.2) is 0 Å². The lowest BCUT2D eigenvalue weighted by atomic mass is 9.85. The Hall–Kier alpha value is -3.31. The van der Waals surface area contributed by atoms with Crippen molar-refractivity contribution >= 4 is 35.0 Å². The number of hydrogen-bond acceptors (Lipinski definition) is 7. The van der Waals surface area contributed by atoms with Crippen LogP contribution in [0, 0.1) is 12.3 Å². The summed E-state index contributed by atoms with van der Waals surface area (Å²) in [5.74, 6) is -1.67. The molecule has 0 spiro atoms. The molecule has 1 aliphatic heterocycles. The summed E-state index contributed by atoms with van der Waals surface area (Å²) in [5, 5.41) is 25.0. The number of aliphatic carboxylic acids is 1. The number of aryl methyl sites for hydroxylation is 1. The largest absolute Gasteiger partial charge is 0.481 e. The Morgan fingerprint density at radius 3 is 2.18 bits per heavy atom. The van der Waals surface area contributed by atoms with E-state index in [1.807, 2.05) is 57.5 Å². The molecule has 3 atom stereocenters. The van der Waals surface area contributed by atoms with E-state index in [0.29, 0.717) is 19.3 Å². The number of thiazole rings is 1. The number of aromatic nitrogens is 1. The summed E-state index contributed by atoms with van der Waals surface area (Å²) in [6, 6.07) is 6.24. The number of carbonyl (C=O) groups is 4. The van der Waals surface area contributed by atoms with Crippen LogP contribution in [0.1, 0.15) is 96.2 Å². The van der Waals surface area contributed by atoms with Crippen molar-refractivity contribution in [1.82, 2.24) is 20.5 Å². The maximum Gasteiger partial charge on any atom is 0.303 e. The molecular weight excluding hydrogens is 580 g/mol. The molecule has 10 nitrogen and oxygen atoms in total. The van der Waals surface area contributed by atoms with Crippen molar-refractivity contribution in [3.63, 3.8) is 0 Å². The van der Waals surface area contributed by atoms with E-state index in [1.54, 1.807) is 11.3 Å². The molecule has 1 aromatic carbocycles. The van der Waals surface area contributed by atoms with E-state index < -0.39 is 29.6 Å². The first kappa shape index (κ1) is 35.2. The highest BCUT2D eigenvalue weighted by Gasteiger charge is 2.44. The monoisotopic (exact) mass is 628 g/mol. The van der Waals surface area contributed by atoms with Gasteiger partial charge in [-0.25, -0.2) is 4.98 Å². The average molecular weight is 629 g/mol. The molecule has 0 bridgehead atoms. The van der Waals surface area contributed by atoms with E-state index in [2.05, 4.69) is 15.6 Å². The van der Waals surface area contributed by atoms with Crippen LogP contribution in [0.5, 0.6) is 0 Å². The lowest BCUT2D eigenvalue weighted by Gasteiger charge is -2.35. The van der Waals surface area contributed by atoms with Gasteiger partial charge in [-0.15, -0.1) is 11.3 Å². The second-order valence-corrected chi connectivity index (χ2v) is 13.7. The van der Waals surface area contributed by atoms with Crippen LogP contribution in [0.25, 0.3) is 10.4 Å². The quantitative estimate of drug-likeness (QED) is 0.195. The van der Waals surface area contributed by atoms with Gasteiger partial charge in [-0.1, -0.05) is 77.1 Å². The summed E-state index contributed by atoms with van der Waals surface area (Å²) in [4.78, 5) is 57.3. The van der Waals surface area contributed by atoms with Gasteiger partial charge >= 0.3 is 5.97 Å². The molecule has 0 saturated carbocycles. The summed E-state index contributed by atoms with van der Waals surface area (Å²) < 4.78 is 0. The number of nitrogens with one attached hydrogen (secondary N) is 2. The number of aliphatic hydroxyl groups excluding tert-OH is 1. The van der Waals surface area contributed by atoms with E-state index >= 15 is 0 Å². The number of amides is 3. The van der Waals surface area contributed by atoms with Gasteiger partial charge in [0.1, 0.15) is 12.1 Å². The minimum atomic E-state index is -0.840. The molecule has 3 amide bonds. The number of β-amino-alcohol motifs (C(OH)–C–C–N with tert-alkyl or cyclic N) is 1. The van der Waals surface area contributed by atoms with Crippen LogP contribution >= 0.6 is 11.3 Å². The van der Waals surface area contributed by atoms with E-state index in [4.69, 9.17) is 5.11 Å². The normalized spacial score (nSPS) is 17.3. The summed E-state index contributed by atoms with van der Waals surface area (Å²) in [5.41, 5.74) is 4.17. The van der Waals surface area contributed by atoms with Crippen molar-refractivity contribution in [3.05, 3.63) is 41.0 Å². The van der Waals surface area contributed by atoms with Gasteiger partial charge in [-0.05, 0) is 36.3 Å². The maximum atomic E-state index is 13.8. The maximum absolute atomic E-state index is 13.8. The second kappa shape index (κ2) is 16.7. The fourth-order valence-electron chi connectivity index (χ4n) is 5.46. The zero-order chi connectivity index (χ0) is 32.3. The molecule has 1 saturated heterocycles. The Bertz CT molecular complexity index is 1260. The van der Waals surface area contributed by atoms with E-state index in [1.165, 1.54) is 4.90 Å². The van der Waals surface area contributed by atoms with Crippen molar-refractivity contribution in [1.29, 1.82) is 0 Å². The van der Waals surface area contributed by atoms with Gasteiger partial charge in [0, 0.05) is 32.4 Å². The molecule has 242 valence electrons. The first-order valence-electron chi connectivity index (χ1n) is 15.6. The SMILES string of the molecule is Cc1ncsc1-c1ccc(CNC(=O)[C@H]2C[C@H](O)CN2C(=O)[C@@H](NC(=O)CCCCCCCCCC(=O)O)C(C)(C)C)cc1. The first-order chi connectivity index (χ1) is 20.9. The standard InChI is InChI=1S/C33H48N4O6S/c1-22-29(44-21-35-22)24-16-14-23(15-17-24)19-34-31(42)26-18-25(38)20-37(26)32(43)30(33(2,3)4)36-27(39)12-10-8-6-5-7-9-11-13-28(40)41/h14-17,21,25-26,30,38H,5-13,18-20H2,1-4H3,(H,34,42)(H,36,39)(H,40,41)/t25-,26+,30+/m0/s1. The van der Waals surface area contributed by atoms with E-state index in [-0.39, 0.29) is 43.7 Å². The Balaban J connectivity index is 1.50. The van der Waals surface area contributed by atoms with Crippen molar-refractivity contribution in [2.45, 2.75) is 117 Å². The van der Waals surface area contributed by atoms with Crippen LogP contribution in [0.2, 0.25) is 0 Å².